The van der Waals surface area contributed by atoms with E-state index in [2.05, 4.69) is 54.7 Å². The maximum Gasteiger partial charge on any atom is 0.304 e. The van der Waals surface area contributed by atoms with E-state index in [1.165, 1.54) is 5.56 Å². The van der Waals surface area contributed by atoms with E-state index in [0.29, 0.717) is 71.0 Å². The van der Waals surface area contributed by atoms with Gasteiger partial charge in [0, 0.05) is 111 Å². The number of ether oxygens (including phenoxy) is 1. The van der Waals surface area contributed by atoms with Crippen LogP contribution in [0.4, 0.5) is 11.5 Å². The molecule has 5 heterocycles. The lowest BCUT2D eigenvalue weighted by Gasteiger charge is -2.37. The zero-order chi connectivity index (χ0) is 43.1. The second-order valence-corrected chi connectivity index (χ2v) is 17.0. The molecule has 0 radical (unpaired) electrons. The van der Waals surface area contributed by atoms with Crippen LogP contribution in [0.15, 0.2) is 35.4 Å². The number of fused-ring (bicyclic) bond motifs is 1. The Hall–Kier alpha value is -5.34. The molecule has 16 heteroatoms. The predicted molar refractivity (Wildman–Crippen MR) is 237 cm³/mol. The minimum Gasteiger partial charge on any atom is -0.496 e. The van der Waals surface area contributed by atoms with E-state index < -0.39 is 5.97 Å². The molecule has 16 nitrogen and oxygen atoms in total. The first-order chi connectivity index (χ1) is 29.6. The number of piperazine rings is 1. The number of carboxylic acids is 1. The zero-order valence-corrected chi connectivity index (χ0v) is 36.4. The molecular formula is C45H65N11O5. The van der Waals surface area contributed by atoms with Crippen LogP contribution in [0.1, 0.15) is 105 Å². The van der Waals surface area contributed by atoms with Gasteiger partial charge in [0.1, 0.15) is 11.6 Å². The first-order valence-corrected chi connectivity index (χ1v) is 22.3. The number of likely N-dealkylation sites (tertiary alicyclic amines) is 1. The number of aromatic nitrogens is 3. The number of aliphatic carboxylic acids is 1. The van der Waals surface area contributed by atoms with Crippen LogP contribution in [0, 0.1) is 19.8 Å². The number of nitrogens with zero attached hydrogens (tertiary/aromatic N) is 9. The third-order valence-electron chi connectivity index (χ3n) is 12.3. The second kappa shape index (κ2) is 22.5. The highest BCUT2D eigenvalue weighted by Gasteiger charge is 2.29. The van der Waals surface area contributed by atoms with Crippen molar-refractivity contribution in [1.82, 2.24) is 29.9 Å². The molecule has 61 heavy (non-hydrogen) atoms. The number of nitrogens with one attached hydrogen (secondary N) is 2. The number of carbonyl (C=O) groups excluding carboxylic acids is 2. The molecule has 0 aliphatic carbocycles. The minimum absolute atomic E-state index is 0.0213. The number of unbranched alkanes of at least 4 members (excludes halogenated alkanes) is 3. The number of azide groups is 1. The number of amides is 2. The van der Waals surface area contributed by atoms with E-state index in [1.807, 2.05) is 29.5 Å². The quantitative estimate of drug-likeness (QED) is 0.0431. The molecule has 6 rings (SSSR count). The summed E-state index contributed by atoms with van der Waals surface area (Å²) in [7, 11) is 1.73. The molecule has 2 atom stereocenters. The molecule has 1 aromatic carbocycles. The Morgan fingerprint density at radius 3 is 2.57 bits per heavy atom. The standard InChI is InChI=1S/C45H65N11O5/c1-32-24-33(2)56(51-32)39-26-35(25-38(29-39)54-20-22-55(23-21-54)43(58)12-8-11-42(57)47-16-6-4-5-7-18-49-52-46)36(27-44(59)60)31-53-19-15-34(30-53)13-14-37-28-41(61-3)40-10-9-17-48-45(40)50-37/h24-26,28-29,34,36H,4-23,27,30-31H2,1-3H3,(H,47,57)(H,48,50)(H,59,60)/t34-,36-/m1/s1. The molecule has 330 valence electrons. The molecule has 0 bridgehead atoms. The van der Waals surface area contributed by atoms with Crippen molar-refractivity contribution in [3.05, 3.63) is 69.0 Å². The van der Waals surface area contributed by atoms with Gasteiger partial charge < -0.3 is 35.2 Å². The smallest absolute Gasteiger partial charge is 0.304 e. The maximum absolute atomic E-state index is 13.2. The fraction of sp³-hybridized carbons (Fsp3) is 0.622. The monoisotopic (exact) mass is 840 g/mol. The Labute approximate surface area is 360 Å². The van der Waals surface area contributed by atoms with Gasteiger partial charge in [0.05, 0.1) is 24.9 Å². The van der Waals surface area contributed by atoms with Crippen LogP contribution in [-0.4, -0.2) is 120 Å². The summed E-state index contributed by atoms with van der Waals surface area (Å²) in [5, 5.41) is 24.9. The van der Waals surface area contributed by atoms with Gasteiger partial charge in [-0.2, -0.15) is 5.10 Å². The zero-order valence-electron chi connectivity index (χ0n) is 36.4. The topological polar surface area (TPSA) is 194 Å². The Morgan fingerprint density at radius 1 is 1.02 bits per heavy atom. The van der Waals surface area contributed by atoms with Gasteiger partial charge in [0.15, 0.2) is 0 Å². The number of benzene rings is 1. The highest BCUT2D eigenvalue weighted by Crippen LogP contribution is 2.34. The van der Waals surface area contributed by atoms with Crippen molar-refractivity contribution in [2.75, 3.05) is 82.8 Å². The second-order valence-electron chi connectivity index (χ2n) is 17.0. The van der Waals surface area contributed by atoms with Crippen LogP contribution in [0.2, 0.25) is 0 Å². The summed E-state index contributed by atoms with van der Waals surface area (Å²) < 4.78 is 7.67. The molecule has 3 aliphatic heterocycles. The van der Waals surface area contributed by atoms with Crippen LogP contribution in [-0.2, 0) is 27.2 Å². The number of carbonyl (C=O) groups is 3. The highest BCUT2D eigenvalue weighted by molar-refractivity contribution is 5.79. The van der Waals surface area contributed by atoms with E-state index in [0.717, 1.165) is 123 Å². The number of carboxylic acid groups (broad SMARTS) is 1. The number of rotatable bonds is 22. The molecule has 2 fully saturated rings. The van der Waals surface area contributed by atoms with E-state index >= 15 is 0 Å². The van der Waals surface area contributed by atoms with Crippen LogP contribution >= 0.6 is 0 Å². The molecule has 0 unspecified atom stereocenters. The van der Waals surface area contributed by atoms with Crippen molar-refractivity contribution in [1.29, 1.82) is 0 Å². The van der Waals surface area contributed by atoms with Crippen LogP contribution in [0.5, 0.6) is 5.75 Å². The molecule has 3 N–H and O–H groups in total. The van der Waals surface area contributed by atoms with Gasteiger partial charge in [-0.05, 0) is 113 Å². The van der Waals surface area contributed by atoms with E-state index in [4.69, 9.17) is 20.4 Å². The van der Waals surface area contributed by atoms with Crippen molar-refractivity contribution in [2.24, 2.45) is 11.0 Å². The first kappa shape index (κ1) is 45.2. The van der Waals surface area contributed by atoms with E-state index in [-0.39, 0.29) is 24.2 Å². The fourth-order valence-electron chi connectivity index (χ4n) is 9.09. The van der Waals surface area contributed by atoms with Gasteiger partial charge in [-0.3, -0.25) is 14.4 Å². The molecular weight excluding hydrogens is 775 g/mol. The third-order valence-corrected chi connectivity index (χ3v) is 12.3. The molecule has 2 saturated heterocycles. The summed E-state index contributed by atoms with van der Waals surface area (Å²) in [5.41, 5.74) is 15.4. The van der Waals surface area contributed by atoms with Crippen molar-refractivity contribution < 1.29 is 24.2 Å². The first-order valence-electron chi connectivity index (χ1n) is 22.3. The average molecular weight is 840 g/mol. The summed E-state index contributed by atoms with van der Waals surface area (Å²) in [6.45, 7) is 11.0. The van der Waals surface area contributed by atoms with Crippen molar-refractivity contribution in [2.45, 2.75) is 103 Å². The van der Waals surface area contributed by atoms with Gasteiger partial charge in [0.25, 0.3) is 0 Å². The molecule has 0 saturated carbocycles. The number of methoxy groups -OCH3 is 1. The summed E-state index contributed by atoms with van der Waals surface area (Å²) in [6, 6.07) is 10.5. The van der Waals surface area contributed by atoms with Crippen LogP contribution in [0.3, 0.4) is 0 Å². The molecule has 3 aliphatic rings. The Bertz CT molecular complexity index is 1990. The third kappa shape index (κ3) is 13.1. The number of aryl methyl sites for hydroxylation is 3. The minimum atomic E-state index is -0.820. The van der Waals surface area contributed by atoms with Crippen molar-refractivity contribution in [3.8, 4) is 11.4 Å². The normalized spacial score (nSPS) is 17.0. The molecule has 2 amide bonds. The number of anilines is 2. The summed E-state index contributed by atoms with van der Waals surface area (Å²) in [6.07, 6.45) is 9.84. The van der Waals surface area contributed by atoms with Gasteiger partial charge in [0.2, 0.25) is 11.8 Å². The average Bonchev–Trinajstić information content (AvgIpc) is 3.86. The number of pyridine rings is 1. The van der Waals surface area contributed by atoms with Crippen molar-refractivity contribution >= 4 is 29.3 Å². The maximum atomic E-state index is 13.2. The van der Waals surface area contributed by atoms with Crippen LogP contribution in [0.25, 0.3) is 16.1 Å². The van der Waals surface area contributed by atoms with E-state index in [9.17, 15) is 19.5 Å². The summed E-state index contributed by atoms with van der Waals surface area (Å²) >= 11 is 0. The lowest BCUT2D eigenvalue weighted by Crippen LogP contribution is -2.48. The van der Waals surface area contributed by atoms with Crippen LogP contribution < -0.4 is 20.3 Å². The van der Waals surface area contributed by atoms with Gasteiger partial charge >= 0.3 is 5.97 Å². The van der Waals surface area contributed by atoms with Gasteiger partial charge in [-0.15, -0.1) is 0 Å². The highest BCUT2D eigenvalue weighted by atomic mass is 16.5. The lowest BCUT2D eigenvalue weighted by molar-refractivity contribution is -0.137. The predicted octanol–water partition coefficient (Wildman–Crippen LogP) is 6.57. The SMILES string of the molecule is COc1cc(CC[C@@H]2CCN(C[C@@H](CC(=O)O)c3cc(N4CCN(C(=O)CCCC(=O)NCCCCCCN=[N+]=[N-])CC4)cc(-n4nc(C)cc4C)c3)C2)nc2c1CCCN2. The largest absolute Gasteiger partial charge is 0.496 e. The van der Waals surface area contributed by atoms with Crippen molar-refractivity contribution in [3.63, 3.8) is 0 Å². The lowest BCUT2D eigenvalue weighted by atomic mass is 9.93. The Morgan fingerprint density at radius 2 is 1.82 bits per heavy atom. The van der Waals surface area contributed by atoms with Gasteiger partial charge in [-0.1, -0.05) is 18.0 Å². The van der Waals surface area contributed by atoms with E-state index in [1.54, 1.807) is 7.11 Å². The molecule has 2 aromatic heterocycles. The fourth-order valence-corrected chi connectivity index (χ4v) is 9.09. The van der Waals surface area contributed by atoms with Gasteiger partial charge in [-0.25, -0.2) is 9.67 Å². The Balaban J connectivity index is 1.05. The summed E-state index contributed by atoms with van der Waals surface area (Å²) in [4.78, 5) is 52.3. The number of hydrogen-bond donors (Lipinski definition) is 3. The molecule has 0 spiro atoms. The summed E-state index contributed by atoms with van der Waals surface area (Å²) in [5.74, 6) is 1.36. The molecule has 3 aromatic rings. The number of hydrogen-bond acceptors (Lipinski definition) is 10. The Kier molecular flexibility index (Phi) is 16.7.